The van der Waals surface area contributed by atoms with Crippen molar-refractivity contribution in [2.45, 2.75) is 13.0 Å². The maximum Gasteiger partial charge on any atom is 0.215 e. The lowest BCUT2D eigenvalue weighted by atomic mass is 10.2. The zero-order valence-electron chi connectivity index (χ0n) is 9.17. The Hall–Kier alpha value is -0.900. The third-order valence-electron chi connectivity index (χ3n) is 2.68. The van der Waals surface area contributed by atoms with Crippen LogP contribution in [0.2, 0.25) is 0 Å². The SMILES string of the molecule is N#CN=S1(=O)CCCN1Cc1ccc(Br)cc1. The number of rotatable bonds is 2. The summed E-state index contributed by atoms with van der Waals surface area (Å²) in [5.74, 6) is 0.497. The fourth-order valence-corrected chi connectivity index (χ4v) is 3.97. The highest BCUT2D eigenvalue weighted by Gasteiger charge is 2.26. The first kappa shape index (κ1) is 12.6. The topological polar surface area (TPSA) is 56.5 Å². The molecule has 90 valence electrons. The molecule has 0 aromatic heterocycles. The molecule has 1 saturated heterocycles. The standard InChI is InChI=1S/C11H12BrN3OS/c12-11-4-2-10(3-5-11)8-15-6-1-7-17(15,16)14-9-13/h2-5H,1,6-8H2. The maximum absolute atomic E-state index is 12.3. The minimum atomic E-state index is -2.47. The summed E-state index contributed by atoms with van der Waals surface area (Å²) in [6, 6.07) is 7.87. The van der Waals surface area contributed by atoms with Crippen LogP contribution < -0.4 is 0 Å². The first-order valence-corrected chi connectivity index (χ1v) is 7.70. The zero-order valence-corrected chi connectivity index (χ0v) is 11.6. The van der Waals surface area contributed by atoms with E-state index in [1.807, 2.05) is 24.3 Å². The van der Waals surface area contributed by atoms with Gasteiger partial charge in [0.05, 0.1) is 0 Å². The Kier molecular flexibility index (Phi) is 3.82. The molecular weight excluding hydrogens is 302 g/mol. The van der Waals surface area contributed by atoms with E-state index in [-0.39, 0.29) is 0 Å². The zero-order chi connectivity index (χ0) is 12.3. The van der Waals surface area contributed by atoms with Crippen LogP contribution in [-0.4, -0.2) is 20.8 Å². The Morgan fingerprint density at radius 1 is 1.47 bits per heavy atom. The number of hydrogen-bond donors (Lipinski definition) is 0. The van der Waals surface area contributed by atoms with Crippen LogP contribution in [0.3, 0.4) is 0 Å². The Morgan fingerprint density at radius 3 is 2.82 bits per heavy atom. The molecule has 0 amide bonds. The third-order valence-corrected chi connectivity index (χ3v) is 5.51. The smallest absolute Gasteiger partial charge is 0.215 e. The minimum absolute atomic E-state index is 0.497. The van der Waals surface area contributed by atoms with Crippen molar-refractivity contribution >= 4 is 25.8 Å². The molecule has 1 fully saturated rings. The molecule has 1 aromatic rings. The lowest BCUT2D eigenvalue weighted by Crippen LogP contribution is -2.24. The van der Waals surface area contributed by atoms with Gasteiger partial charge in [0.1, 0.15) is 9.92 Å². The number of halogens is 1. The quantitative estimate of drug-likeness (QED) is 0.788. The molecule has 0 N–H and O–H groups in total. The van der Waals surface area contributed by atoms with Crippen LogP contribution in [0, 0.1) is 11.5 Å². The van der Waals surface area contributed by atoms with Crippen molar-refractivity contribution in [2.75, 3.05) is 12.3 Å². The second-order valence-electron chi connectivity index (χ2n) is 3.85. The summed E-state index contributed by atoms with van der Waals surface area (Å²) in [6.45, 7) is 1.32. The molecule has 1 atom stereocenters. The number of hydrogen-bond acceptors (Lipinski definition) is 3. The van der Waals surface area contributed by atoms with Crippen LogP contribution in [0.5, 0.6) is 0 Å². The predicted octanol–water partition coefficient (Wildman–Crippen LogP) is 2.52. The highest BCUT2D eigenvalue weighted by Crippen LogP contribution is 2.20. The first-order valence-electron chi connectivity index (χ1n) is 5.26. The van der Waals surface area contributed by atoms with Crippen molar-refractivity contribution in [3.8, 4) is 6.19 Å². The summed E-state index contributed by atoms with van der Waals surface area (Å²) < 4.78 is 18.7. The van der Waals surface area contributed by atoms with E-state index in [4.69, 9.17) is 5.26 Å². The monoisotopic (exact) mass is 313 g/mol. The van der Waals surface area contributed by atoms with E-state index < -0.39 is 9.92 Å². The summed E-state index contributed by atoms with van der Waals surface area (Å²) >= 11 is 3.37. The van der Waals surface area contributed by atoms with Crippen molar-refractivity contribution in [3.05, 3.63) is 34.3 Å². The van der Waals surface area contributed by atoms with Crippen molar-refractivity contribution in [2.24, 2.45) is 4.36 Å². The Labute approximate surface area is 110 Å². The van der Waals surface area contributed by atoms with Crippen LogP contribution in [-0.2, 0) is 16.5 Å². The average Bonchev–Trinajstić information content (AvgIpc) is 2.64. The molecule has 6 heteroatoms. The lowest BCUT2D eigenvalue weighted by Gasteiger charge is -2.16. The van der Waals surface area contributed by atoms with Crippen molar-refractivity contribution in [1.82, 2.24) is 4.31 Å². The van der Waals surface area contributed by atoms with Gasteiger partial charge in [0.25, 0.3) is 0 Å². The van der Waals surface area contributed by atoms with Gasteiger partial charge in [-0.25, -0.2) is 8.51 Å². The van der Waals surface area contributed by atoms with Gasteiger partial charge in [-0.15, -0.1) is 4.36 Å². The van der Waals surface area contributed by atoms with Gasteiger partial charge < -0.3 is 0 Å². The summed E-state index contributed by atoms with van der Waals surface area (Å²) in [5.41, 5.74) is 1.08. The van der Waals surface area contributed by atoms with Gasteiger partial charge in [-0.2, -0.15) is 5.26 Å². The van der Waals surface area contributed by atoms with Crippen LogP contribution in [0.4, 0.5) is 0 Å². The van der Waals surface area contributed by atoms with E-state index in [1.54, 1.807) is 10.5 Å². The molecule has 0 aliphatic carbocycles. The fourth-order valence-electron chi connectivity index (χ4n) is 1.84. The average molecular weight is 314 g/mol. The summed E-state index contributed by atoms with van der Waals surface area (Å²) in [4.78, 5) is 0. The largest absolute Gasteiger partial charge is 0.233 e. The Morgan fingerprint density at radius 2 is 2.18 bits per heavy atom. The normalized spacial score (nSPS) is 24.5. The maximum atomic E-state index is 12.3. The molecule has 4 nitrogen and oxygen atoms in total. The van der Waals surface area contributed by atoms with Crippen LogP contribution in [0.1, 0.15) is 12.0 Å². The van der Waals surface area contributed by atoms with Crippen LogP contribution >= 0.6 is 15.9 Å². The van der Waals surface area contributed by atoms with E-state index in [0.29, 0.717) is 12.3 Å². The molecule has 1 aromatic carbocycles. The van der Waals surface area contributed by atoms with Crippen LogP contribution in [0.15, 0.2) is 33.1 Å². The molecule has 0 radical (unpaired) electrons. The first-order chi connectivity index (χ1) is 8.14. The number of nitrogens with zero attached hydrogens (tertiary/aromatic N) is 3. The lowest BCUT2D eigenvalue weighted by molar-refractivity contribution is 0.466. The Bertz CT molecular complexity index is 555. The number of nitriles is 1. The molecular formula is C11H12BrN3OS. The van der Waals surface area contributed by atoms with E-state index in [2.05, 4.69) is 20.3 Å². The highest BCUT2D eigenvalue weighted by molar-refractivity contribution is 9.10. The summed E-state index contributed by atoms with van der Waals surface area (Å²) in [5, 5.41) is 8.58. The molecule has 0 saturated carbocycles. The molecule has 1 heterocycles. The summed E-state index contributed by atoms with van der Waals surface area (Å²) in [6.07, 6.45) is 2.51. The van der Waals surface area contributed by atoms with Crippen molar-refractivity contribution in [1.29, 1.82) is 5.26 Å². The number of benzene rings is 1. The molecule has 0 bridgehead atoms. The van der Waals surface area contributed by atoms with Gasteiger partial charge in [-0.3, -0.25) is 0 Å². The third kappa shape index (κ3) is 2.86. The second kappa shape index (κ2) is 5.17. The molecule has 2 rings (SSSR count). The molecule has 1 aliphatic rings. The Balaban J connectivity index is 2.20. The van der Waals surface area contributed by atoms with E-state index in [1.165, 1.54) is 0 Å². The predicted molar refractivity (Wildman–Crippen MR) is 70.2 cm³/mol. The van der Waals surface area contributed by atoms with E-state index in [9.17, 15) is 4.21 Å². The summed E-state index contributed by atoms with van der Waals surface area (Å²) in [7, 11) is -2.47. The molecule has 17 heavy (non-hydrogen) atoms. The van der Waals surface area contributed by atoms with Gasteiger partial charge >= 0.3 is 0 Å². The molecule has 1 aliphatic heterocycles. The van der Waals surface area contributed by atoms with Crippen molar-refractivity contribution in [3.63, 3.8) is 0 Å². The van der Waals surface area contributed by atoms with Gasteiger partial charge in [0.2, 0.25) is 6.19 Å². The van der Waals surface area contributed by atoms with Crippen molar-refractivity contribution < 1.29 is 4.21 Å². The molecule has 0 spiro atoms. The second-order valence-corrected chi connectivity index (χ2v) is 7.08. The van der Waals surface area contributed by atoms with Gasteiger partial charge in [-0.05, 0) is 24.1 Å². The highest BCUT2D eigenvalue weighted by atomic mass is 79.9. The van der Waals surface area contributed by atoms with Gasteiger partial charge in [0.15, 0.2) is 0 Å². The van der Waals surface area contributed by atoms with Crippen LogP contribution in [0.25, 0.3) is 0 Å². The van der Waals surface area contributed by atoms with E-state index >= 15 is 0 Å². The van der Waals surface area contributed by atoms with E-state index in [0.717, 1.165) is 23.0 Å². The molecule has 1 unspecified atom stereocenters. The van der Waals surface area contributed by atoms with Gasteiger partial charge in [-0.1, -0.05) is 28.1 Å². The minimum Gasteiger partial charge on any atom is -0.233 e. The van der Waals surface area contributed by atoms with Gasteiger partial charge in [0, 0.05) is 23.3 Å². The fraction of sp³-hybridized carbons (Fsp3) is 0.364.